The molecule has 0 saturated carbocycles. The minimum Gasteiger partial charge on any atom is -0.504 e. The van der Waals surface area contributed by atoms with E-state index in [1.54, 1.807) is 6.07 Å². The van der Waals surface area contributed by atoms with Crippen molar-refractivity contribution in [3.63, 3.8) is 0 Å². The van der Waals surface area contributed by atoms with E-state index in [-0.39, 0.29) is 17.0 Å². The van der Waals surface area contributed by atoms with Crippen molar-refractivity contribution in [3.05, 3.63) is 23.8 Å². The number of rotatable bonds is 5. The molecular formula is C16H27N3O2. The van der Waals surface area contributed by atoms with Crippen LogP contribution < -0.4 is 5.32 Å². The van der Waals surface area contributed by atoms with Crippen molar-refractivity contribution in [3.8, 4) is 11.5 Å². The predicted molar refractivity (Wildman–Crippen MR) is 84.6 cm³/mol. The van der Waals surface area contributed by atoms with Crippen molar-refractivity contribution in [2.24, 2.45) is 0 Å². The van der Waals surface area contributed by atoms with Crippen LogP contribution in [0.5, 0.6) is 11.5 Å². The lowest BCUT2D eigenvalue weighted by Crippen LogP contribution is -2.57. The average Bonchev–Trinajstić information content (AvgIpc) is 2.43. The number of aromatic hydroxyl groups is 2. The number of hydrogen-bond acceptors (Lipinski definition) is 5. The first-order chi connectivity index (χ1) is 9.88. The van der Waals surface area contributed by atoms with E-state index in [4.69, 9.17) is 0 Å². The summed E-state index contributed by atoms with van der Waals surface area (Å²) in [6.07, 6.45) is 0. The summed E-state index contributed by atoms with van der Waals surface area (Å²) >= 11 is 0. The van der Waals surface area contributed by atoms with Crippen molar-refractivity contribution in [2.75, 3.05) is 39.8 Å². The molecule has 3 N–H and O–H groups in total. The Kier molecular flexibility index (Phi) is 5.08. The first-order valence-corrected chi connectivity index (χ1v) is 7.54. The van der Waals surface area contributed by atoms with E-state index in [2.05, 4.69) is 36.0 Å². The molecule has 118 valence electrons. The van der Waals surface area contributed by atoms with E-state index < -0.39 is 0 Å². The quantitative estimate of drug-likeness (QED) is 0.713. The third-order valence-corrected chi connectivity index (χ3v) is 4.29. The van der Waals surface area contributed by atoms with Gasteiger partial charge in [0.05, 0.1) is 0 Å². The molecule has 2 rings (SSSR count). The van der Waals surface area contributed by atoms with Crippen LogP contribution in [0.25, 0.3) is 0 Å². The molecule has 21 heavy (non-hydrogen) atoms. The van der Waals surface area contributed by atoms with Crippen LogP contribution in [0, 0.1) is 0 Å². The van der Waals surface area contributed by atoms with Crippen molar-refractivity contribution in [1.29, 1.82) is 0 Å². The lowest BCUT2D eigenvalue weighted by molar-refractivity contribution is 0.0618. The number of phenols is 2. The van der Waals surface area contributed by atoms with E-state index in [9.17, 15) is 10.2 Å². The Bertz CT molecular complexity index is 469. The number of nitrogens with one attached hydrogen (secondary N) is 1. The van der Waals surface area contributed by atoms with Gasteiger partial charge in [-0.25, -0.2) is 0 Å². The van der Waals surface area contributed by atoms with Gasteiger partial charge in [0.1, 0.15) is 0 Å². The van der Waals surface area contributed by atoms with E-state index >= 15 is 0 Å². The Labute approximate surface area is 127 Å². The van der Waals surface area contributed by atoms with Crippen LogP contribution in [-0.2, 0) is 6.54 Å². The number of piperazine rings is 1. The fraction of sp³-hybridized carbons (Fsp3) is 0.625. The van der Waals surface area contributed by atoms with Gasteiger partial charge in [0.15, 0.2) is 11.5 Å². The first-order valence-electron chi connectivity index (χ1n) is 7.54. The van der Waals surface area contributed by atoms with Gasteiger partial charge in [-0.05, 0) is 38.6 Å². The van der Waals surface area contributed by atoms with Crippen LogP contribution >= 0.6 is 0 Å². The second-order valence-corrected chi connectivity index (χ2v) is 6.53. The third-order valence-electron chi connectivity index (χ3n) is 4.29. The molecule has 0 radical (unpaired) electrons. The topological polar surface area (TPSA) is 59.0 Å². The smallest absolute Gasteiger partial charge is 0.157 e. The van der Waals surface area contributed by atoms with Gasteiger partial charge in [0, 0.05) is 44.8 Å². The molecule has 1 aliphatic heterocycles. The second kappa shape index (κ2) is 6.64. The Morgan fingerprint density at radius 3 is 2.38 bits per heavy atom. The molecule has 1 aromatic rings. The normalized spacial score (nSPS) is 18.0. The summed E-state index contributed by atoms with van der Waals surface area (Å²) in [7, 11) is 2.17. The molecule has 5 nitrogen and oxygen atoms in total. The van der Waals surface area contributed by atoms with E-state index in [0.717, 1.165) is 38.3 Å². The number of nitrogens with zero attached hydrogens (tertiary/aromatic N) is 2. The summed E-state index contributed by atoms with van der Waals surface area (Å²) in [5.41, 5.74) is 1.08. The first kappa shape index (κ1) is 16.1. The molecule has 1 heterocycles. The van der Waals surface area contributed by atoms with Crippen molar-refractivity contribution in [1.82, 2.24) is 15.1 Å². The highest BCUT2D eigenvalue weighted by molar-refractivity contribution is 5.40. The molecule has 0 spiro atoms. The number of benzene rings is 1. The van der Waals surface area contributed by atoms with Crippen LogP contribution in [0.3, 0.4) is 0 Å². The maximum Gasteiger partial charge on any atom is 0.157 e. The SMILES string of the molecule is CN1CCN(C(C)(C)CNCc2ccc(O)c(O)c2)CC1. The molecule has 0 aliphatic carbocycles. The van der Waals surface area contributed by atoms with Crippen LogP contribution in [0.2, 0.25) is 0 Å². The largest absolute Gasteiger partial charge is 0.504 e. The zero-order valence-electron chi connectivity index (χ0n) is 13.3. The molecule has 5 heteroatoms. The van der Waals surface area contributed by atoms with Gasteiger partial charge >= 0.3 is 0 Å². The van der Waals surface area contributed by atoms with Crippen LogP contribution in [0.1, 0.15) is 19.4 Å². The maximum absolute atomic E-state index is 9.50. The fourth-order valence-corrected chi connectivity index (χ4v) is 2.72. The highest BCUT2D eigenvalue weighted by Crippen LogP contribution is 2.24. The third kappa shape index (κ3) is 4.33. The van der Waals surface area contributed by atoms with Crippen molar-refractivity contribution < 1.29 is 10.2 Å². The molecule has 1 aromatic carbocycles. The molecule has 0 unspecified atom stereocenters. The van der Waals surface area contributed by atoms with Crippen LogP contribution in [0.15, 0.2) is 18.2 Å². The Hall–Kier alpha value is -1.30. The van der Waals surface area contributed by atoms with Crippen LogP contribution in [-0.4, -0.2) is 65.3 Å². The maximum atomic E-state index is 9.50. The molecule has 0 atom stereocenters. The average molecular weight is 293 g/mol. The minimum atomic E-state index is -0.0727. The Balaban J connectivity index is 1.82. The number of hydrogen-bond donors (Lipinski definition) is 3. The standard InChI is InChI=1S/C16H27N3O2/c1-16(2,19-8-6-18(3)7-9-19)12-17-11-13-4-5-14(20)15(21)10-13/h4-5,10,17,20-21H,6-9,11-12H2,1-3H3. The lowest BCUT2D eigenvalue weighted by Gasteiger charge is -2.43. The zero-order chi connectivity index (χ0) is 15.5. The summed E-state index contributed by atoms with van der Waals surface area (Å²) < 4.78 is 0. The lowest BCUT2D eigenvalue weighted by atomic mass is 10.0. The molecule has 1 aliphatic rings. The highest BCUT2D eigenvalue weighted by atomic mass is 16.3. The van der Waals surface area contributed by atoms with Gasteiger partial charge in [-0.2, -0.15) is 0 Å². The van der Waals surface area contributed by atoms with Gasteiger partial charge in [0.2, 0.25) is 0 Å². The van der Waals surface area contributed by atoms with E-state index in [0.29, 0.717) is 6.54 Å². The molecule has 1 saturated heterocycles. The van der Waals surface area contributed by atoms with E-state index in [1.807, 2.05) is 6.07 Å². The van der Waals surface area contributed by atoms with Gasteiger partial charge in [-0.1, -0.05) is 6.07 Å². The van der Waals surface area contributed by atoms with Gasteiger partial charge in [-0.3, -0.25) is 4.90 Å². The van der Waals surface area contributed by atoms with Crippen LogP contribution in [0.4, 0.5) is 0 Å². The zero-order valence-corrected chi connectivity index (χ0v) is 13.3. The summed E-state index contributed by atoms with van der Waals surface area (Å²) in [6.45, 7) is 10.5. The molecular weight excluding hydrogens is 266 g/mol. The van der Waals surface area contributed by atoms with Crippen molar-refractivity contribution in [2.45, 2.75) is 25.9 Å². The summed E-state index contributed by atoms with van der Waals surface area (Å²) in [5.74, 6) is -0.135. The Morgan fingerprint density at radius 1 is 1.10 bits per heavy atom. The fourth-order valence-electron chi connectivity index (χ4n) is 2.72. The molecule has 0 aromatic heterocycles. The highest BCUT2D eigenvalue weighted by Gasteiger charge is 2.28. The Morgan fingerprint density at radius 2 is 1.76 bits per heavy atom. The minimum absolute atomic E-state index is 0.0624. The summed E-state index contributed by atoms with van der Waals surface area (Å²) in [4.78, 5) is 4.88. The second-order valence-electron chi connectivity index (χ2n) is 6.53. The molecule has 0 bridgehead atoms. The predicted octanol–water partition coefficient (Wildman–Crippen LogP) is 1.21. The number of phenolic OH excluding ortho intramolecular Hbond substituents is 2. The molecule has 0 amide bonds. The summed E-state index contributed by atoms with van der Waals surface area (Å²) in [5, 5.41) is 22.3. The summed E-state index contributed by atoms with van der Waals surface area (Å²) in [6, 6.07) is 4.95. The monoisotopic (exact) mass is 293 g/mol. The molecule has 1 fully saturated rings. The number of likely N-dealkylation sites (N-methyl/N-ethyl adjacent to an activating group) is 1. The van der Waals surface area contributed by atoms with Gasteiger partial charge < -0.3 is 20.4 Å². The van der Waals surface area contributed by atoms with E-state index in [1.165, 1.54) is 6.07 Å². The van der Waals surface area contributed by atoms with Gasteiger partial charge in [0.25, 0.3) is 0 Å². The van der Waals surface area contributed by atoms with Crippen molar-refractivity contribution >= 4 is 0 Å². The van der Waals surface area contributed by atoms with Gasteiger partial charge in [-0.15, -0.1) is 0 Å².